The SMILES string of the molecule is Nc1cc(OC2CN3CCC2CC3)c2occc2c1. The Labute approximate surface area is 112 Å². The van der Waals surface area contributed by atoms with Crippen LogP contribution in [0.1, 0.15) is 12.8 Å². The van der Waals surface area contributed by atoms with Gasteiger partial charge in [0.2, 0.25) is 0 Å². The number of hydrogen-bond donors (Lipinski definition) is 1. The number of hydrogen-bond acceptors (Lipinski definition) is 4. The van der Waals surface area contributed by atoms with Crippen molar-refractivity contribution in [3.05, 3.63) is 24.5 Å². The minimum Gasteiger partial charge on any atom is -0.485 e. The van der Waals surface area contributed by atoms with Crippen LogP contribution in [0.15, 0.2) is 28.9 Å². The van der Waals surface area contributed by atoms with E-state index in [-0.39, 0.29) is 6.10 Å². The van der Waals surface area contributed by atoms with Crippen molar-refractivity contribution < 1.29 is 9.15 Å². The van der Waals surface area contributed by atoms with Crippen molar-refractivity contribution in [3.63, 3.8) is 0 Å². The lowest BCUT2D eigenvalue weighted by Gasteiger charge is -2.44. The molecule has 3 saturated heterocycles. The van der Waals surface area contributed by atoms with E-state index in [1.54, 1.807) is 6.26 Å². The third-order valence-corrected chi connectivity index (χ3v) is 4.41. The summed E-state index contributed by atoms with van der Waals surface area (Å²) in [4.78, 5) is 2.48. The molecule has 2 aromatic rings. The van der Waals surface area contributed by atoms with Gasteiger partial charge in [0.05, 0.1) is 6.26 Å². The Morgan fingerprint density at radius 1 is 1.26 bits per heavy atom. The molecule has 3 fully saturated rings. The van der Waals surface area contributed by atoms with Crippen LogP contribution in [0.2, 0.25) is 0 Å². The summed E-state index contributed by atoms with van der Waals surface area (Å²) in [6.07, 6.45) is 4.45. The highest BCUT2D eigenvalue weighted by Crippen LogP contribution is 2.35. The number of benzene rings is 1. The molecule has 0 saturated carbocycles. The number of furan rings is 1. The van der Waals surface area contributed by atoms with Gasteiger partial charge in [0.25, 0.3) is 0 Å². The Hall–Kier alpha value is -1.68. The number of rotatable bonds is 2. The molecule has 5 rings (SSSR count). The minimum absolute atomic E-state index is 0.276. The van der Waals surface area contributed by atoms with E-state index in [9.17, 15) is 0 Å². The molecule has 0 radical (unpaired) electrons. The molecule has 4 nitrogen and oxygen atoms in total. The fraction of sp³-hybridized carbons (Fsp3) is 0.467. The maximum atomic E-state index is 6.23. The lowest BCUT2D eigenvalue weighted by Crippen LogP contribution is -2.52. The van der Waals surface area contributed by atoms with Crippen LogP contribution in [0.3, 0.4) is 0 Å². The Morgan fingerprint density at radius 2 is 2.11 bits per heavy atom. The van der Waals surface area contributed by atoms with E-state index < -0.39 is 0 Å². The third kappa shape index (κ3) is 1.87. The van der Waals surface area contributed by atoms with Crippen molar-refractivity contribution in [3.8, 4) is 5.75 Å². The van der Waals surface area contributed by atoms with Gasteiger partial charge in [0.15, 0.2) is 11.3 Å². The quantitative estimate of drug-likeness (QED) is 0.841. The number of nitrogens with two attached hydrogens (primary N) is 1. The van der Waals surface area contributed by atoms with Gasteiger partial charge in [-0.05, 0) is 44.0 Å². The first-order chi connectivity index (χ1) is 9.29. The van der Waals surface area contributed by atoms with Gasteiger partial charge in [0, 0.05) is 23.7 Å². The van der Waals surface area contributed by atoms with Gasteiger partial charge < -0.3 is 14.9 Å². The van der Waals surface area contributed by atoms with Crippen LogP contribution in [0.25, 0.3) is 11.0 Å². The van der Waals surface area contributed by atoms with Gasteiger partial charge in [-0.25, -0.2) is 0 Å². The molecule has 3 aliphatic heterocycles. The highest BCUT2D eigenvalue weighted by Gasteiger charge is 2.35. The Balaban J connectivity index is 1.66. The molecule has 19 heavy (non-hydrogen) atoms. The molecule has 0 amide bonds. The van der Waals surface area contributed by atoms with Crippen LogP contribution in [0.4, 0.5) is 5.69 Å². The van der Waals surface area contributed by atoms with Crippen LogP contribution < -0.4 is 10.5 Å². The van der Waals surface area contributed by atoms with Gasteiger partial charge in [-0.1, -0.05) is 0 Å². The normalized spacial score (nSPS) is 29.8. The summed E-state index contributed by atoms with van der Waals surface area (Å²) < 4.78 is 11.8. The first-order valence-electron chi connectivity index (χ1n) is 6.95. The molecular formula is C15H18N2O2. The lowest BCUT2D eigenvalue weighted by atomic mass is 9.86. The summed E-state index contributed by atoms with van der Waals surface area (Å²) in [7, 11) is 0. The third-order valence-electron chi connectivity index (χ3n) is 4.41. The monoisotopic (exact) mass is 258 g/mol. The van der Waals surface area contributed by atoms with Crippen LogP contribution in [-0.2, 0) is 0 Å². The summed E-state index contributed by atoms with van der Waals surface area (Å²) in [5, 5.41) is 1.01. The molecule has 3 aliphatic rings. The fourth-order valence-corrected chi connectivity index (χ4v) is 3.37. The van der Waals surface area contributed by atoms with E-state index in [2.05, 4.69) is 4.90 Å². The second-order valence-electron chi connectivity index (χ2n) is 5.65. The molecule has 0 aliphatic carbocycles. The van der Waals surface area contributed by atoms with E-state index in [0.29, 0.717) is 5.92 Å². The van der Waals surface area contributed by atoms with Crippen LogP contribution in [0, 0.1) is 5.92 Å². The summed E-state index contributed by atoms with van der Waals surface area (Å²) in [6, 6.07) is 5.72. The average Bonchev–Trinajstić information content (AvgIpc) is 2.88. The zero-order valence-electron chi connectivity index (χ0n) is 10.8. The van der Waals surface area contributed by atoms with Crippen LogP contribution in [-0.4, -0.2) is 30.6 Å². The second kappa shape index (κ2) is 4.17. The topological polar surface area (TPSA) is 51.6 Å². The van der Waals surface area contributed by atoms with Gasteiger partial charge >= 0.3 is 0 Å². The highest BCUT2D eigenvalue weighted by atomic mass is 16.5. The van der Waals surface area contributed by atoms with Crippen molar-refractivity contribution >= 4 is 16.7 Å². The second-order valence-corrected chi connectivity index (χ2v) is 5.65. The van der Waals surface area contributed by atoms with Crippen molar-refractivity contribution in [1.29, 1.82) is 0 Å². The Bertz CT molecular complexity index is 599. The standard InChI is InChI=1S/C15H18N2O2/c16-12-7-11-3-6-18-15(11)13(8-12)19-14-9-17-4-1-10(14)2-5-17/h3,6-8,10,14H,1-2,4-5,9,16H2. The van der Waals surface area contributed by atoms with E-state index in [0.717, 1.165) is 29.0 Å². The molecule has 2 N–H and O–H groups in total. The molecule has 4 heteroatoms. The number of fused-ring (bicyclic) bond motifs is 4. The molecule has 0 spiro atoms. The molecule has 1 aromatic carbocycles. The minimum atomic E-state index is 0.276. The predicted octanol–water partition coefficient (Wildman–Crippen LogP) is 2.49. The van der Waals surface area contributed by atoms with Crippen LogP contribution >= 0.6 is 0 Å². The van der Waals surface area contributed by atoms with Gasteiger partial charge in [0.1, 0.15) is 6.10 Å². The summed E-state index contributed by atoms with van der Waals surface area (Å²) in [5.41, 5.74) is 7.47. The largest absolute Gasteiger partial charge is 0.485 e. The zero-order valence-corrected chi connectivity index (χ0v) is 10.8. The maximum absolute atomic E-state index is 6.23. The maximum Gasteiger partial charge on any atom is 0.175 e. The summed E-state index contributed by atoms with van der Waals surface area (Å²) in [5.74, 6) is 1.47. The summed E-state index contributed by atoms with van der Waals surface area (Å²) in [6.45, 7) is 3.47. The van der Waals surface area contributed by atoms with Crippen molar-refractivity contribution in [1.82, 2.24) is 4.90 Å². The number of ether oxygens (including phenoxy) is 1. The first-order valence-corrected chi connectivity index (χ1v) is 6.95. The van der Waals surface area contributed by atoms with E-state index >= 15 is 0 Å². The Kier molecular flexibility index (Phi) is 2.45. The number of piperidine rings is 3. The average molecular weight is 258 g/mol. The van der Waals surface area contributed by atoms with Crippen LogP contribution in [0.5, 0.6) is 5.75 Å². The molecular weight excluding hydrogens is 240 g/mol. The van der Waals surface area contributed by atoms with E-state index in [4.69, 9.17) is 14.9 Å². The zero-order chi connectivity index (χ0) is 12.8. The van der Waals surface area contributed by atoms with Gasteiger partial charge in [-0.2, -0.15) is 0 Å². The van der Waals surface area contributed by atoms with E-state index in [1.807, 2.05) is 18.2 Å². The Morgan fingerprint density at radius 3 is 2.84 bits per heavy atom. The smallest absolute Gasteiger partial charge is 0.175 e. The number of nitrogen functional groups attached to an aromatic ring is 1. The van der Waals surface area contributed by atoms with E-state index in [1.165, 1.54) is 25.9 Å². The molecule has 1 unspecified atom stereocenters. The first kappa shape index (κ1) is 11.2. The van der Waals surface area contributed by atoms with Crippen molar-refractivity contribution in [2.24, 2.45) is 5.92 Å². The molecule has 2 bridgehead atoms. The fourth-order valence-electron chi connectivity index (χ4n) is 3.37. The van der Waals surface area contributed by atoms with Crippen molar-refractivity contribution in [2.45, 2.75) is 18.9 Å². The molecule has 1 atom stereocenters. The summed E-state index contributed by atoms with van der Waals surface area (Å²) >= 11 is 0. The number of anilines is 1. The molecule has 4 heterocycles. The number of nitrogens with zero attached hydrogens (tertiary/aromatic N) is 1. The van der Waals surface area contributed by atoms with Crippen molar-refractivity contribution in [2.75, 3.05) is 25.4 Å². The van der Waals surface area contributed by atoms with Gasteiger partial charge in [-0.15, -0.1) is 0 Å². The van der Waals surface area contributed by atoms with Gasteiger partial charge in [-0.3, -0.25) is 4.90 Å². The lowest BCUT2D eigenvalue weighted by molar-refractivity contribution is -0.00741. The highest BCUT2D eigenvalue weighted by molar-refractivity contribution is 5.86. The molecule has 100 valence electrons. The predicted molar refractivity (Wildman–Crippen MR) is 74.2 cm³/mol. The molecule has 1 aromatic heterocycles.